The van der Waals surface area contributed by atoms with E-state index in [1.807, 2.05) is 6.92 Å². The van der Waals surface area contributed by atoms with Crippen LogP contribution in [0.25, 0.3) is 0 Å². The van der Waals surface area contributed by atoms with E-state index >= 15 is 0 Å². The fraction of sp³-hybridized carbons (Fsp3) is 0.857. The number of likely N-dealkylation sites (tertiary alicyclic amines) is 1. The number of hydrogen-bond donors (Lipinski definition) is 2. The Hall–Kier alpha value is -1.83. The number of nitrogens with zero attached hydrogens (tertiary/aromatic N) is 2. The Morgan fingerprint density at radius 1 is 1.24 bits per heavy atom. The van der Waals surface area contributed by atoms with Gasteiger partial charge in [0.2, 0.25) is 12.3 Å². The third kappa shape index (κ3) is 8.20. The Morgan fingerprint density at radius 2 is 1.86 bits per heavy atom. The highest BCUT2D eigenvalue weighted by Gasteiger charge is 2.31. The van der Waals surface area contributed by atoms with Crippen molar-refractivity contribution in [1.29, 1.82) is 0 Å². The van der Waals surface area contributed by atoms with Crippen molar-refractivity contribution in [3.8, 4) is 0 Å². The minimum atomic E-state index is -0.623. The van der Waals surface area contributed by atoms with Gasteiger partial charge in [-0.1, -0.05) is 12.8 Å². The molecular weight excluding hydrogens is 374 g/mol. The van der Waals surface area contributed by atoms with Gasteiger partial charge in [-0.05, 0) is 60.3 Å². The molecule has 1 fully saturated rings. The normalized spacial score (nSPS) is 21.4. The molecule has 0 aromatic rings. The summed E-state index contributed by atoms with van der Waals surface area (Å²) in [7, 11) is 1.56. The van der Waals surface area contributed by atoms with Crippen molar-refractivity contribution in [1.82, 2.24) is 15.1 Å². The van der Waals surface area contributed by atoms with Gasteiger partial charge in [0.05, 0.1) is 12.6 Å². The summed E-state index contributed by atoms with van der Waals surface area (Å²) < 4.78 is 5.30. The molecule has 168 valence electrons. The van der Waals surface area contributed by atoms with Crippen molar-refractivity contribution in [3.63, 3.8) is 0 Å². The maximum atomic E-state index is 12.4. The highest BCUT2D eigenvalue weighted by atomic mass is 16.6. The monoisotopic (exact) mass is 413 g/mol. The summed E-state index contributed by atoms with van der Waals surface area (Å²) in [6.07, 6.45) is 5.75. The molecule has 1 saturated heterocycles. The predicted molar refractivity (Wildman–Crippen MR) is 111 cm³/mol. The van der Waals surface area contributed by atoms with Crippen molar-refractivity contribution in [2.75, 3.05) is 13.7 Å². The molecule has 1 rings (SSSR count). The fourth-order valence-electron chi connectivity index (χ4n) is 3.57. The number of ether oxygens (including phenoxy) is 1. The average Bonchev–Trinajstić information content (AvgIpc) is 3.04. The van der Waals surface area contributed by atoms with Crippen LogP contribution in [0.1, 0.15) is 73.1 Å². The number of nitrogens with one attached hydrogen (secondary N) is 1. The topological polar surface area (TPSA) is 99.2 Å². The molecule has 0 aliphatic carbocycles. The predicted octanol–water partition coefficient (Wildman–Crippen LogP) is 2.29. The van der Waals surface area contributed by atoms with Crippen LogP contribution in [0, 0.1) is 0 Å². The SMILES string of the molecule is CC(CCCCC1CCC(CO)N1C=O)NC(=O)[C@H](C)N(C)C(=O)OC(C)(C)C. The molecule has 3 unspecified atom stereocenters. The lowest BCUT2D eigenvalue weighted by atomic mass is 10.0. The molecule has 1 aliphatic heterocycles. The van der Waals surface area contributed by atoms with Gasteiger partial charge in [-0.15, -0.1) is 0 Å². The second-order valence-corrected chi connectivity index (χ2v) is 9.08. The second-order valence-electron chi connectivity index (χ2n) is 9.08. The molecule has 0 radical (unpaired) electrons. The third-order valence-corrected chi connectivity index (χ3v) is 5.46. The maximum Gasteiger partial charge on any atom is 0.410 e. The molecule has 1 aliphatic rings. The third-order valence-electron chi connectivity index (χ3n) is 5.46. The van der Waals surface area contributed by atoms with Crippen LogP contribution in [-0.2, 0) is 14.3 Å². The van der Waals surface area contributed by atoms with Gasteiger partial charge in [0.25, 0.3) is 0 Å². The molecule has 8 nitrogen and oxygen atoms in total. The number of amides is 3. The highest BCUT2D eigenvalue weighted by Crippen LogP contribution is 2.26. The van der Waals surface area contributed by atoms with Gasteiger partial charge < -0.3 is 20.1 Å². The van der Waals surface area contributed by atoms with Crippen LogP contribution in [0.2, 0.25) is 0 Å². The van der Waals surface area contributed by atoms with E-state index in [0.717, 1.165) is 44.9 Å². The van der Waals surface area contributed by atoms with E-state index in [1.54, 1.807) is 39.6 Å². The van der Waals surface area contributed by atoms with Gasteiger partial charge in [-0.25, -0.2) is 4.79 Å². The van der Waals surface area contributed by atoms with E-state index in [2.05, 4.69) is 5.32 Å². The van der Waals surface area contributed by atoms with Crippen LogP contribution in [0.4, 0.5) is 4.79 Å². The Kier molecular flexibility index (Phi) is 9.89. The summed E-state index contributed by atoms with van der Waals surface area (Å²) in [5.41, 5.74) is -0.606. The number of aliphatic hydroxyl groups excluding tert-OH is 1. The lowest BCUT2D eigenvalue weighted by Gasteiger charge is -2.29. The first-order chi connectivity index (χ1) is 13.5. The van der Waals surface area contributed by atoms with Crippen LogP contribution in [0.15, 0.2) is 0 Å². The summed E-state index contributed by atoms with van der Waals surface area (Å²) in [6, 6.07) is -0.466. The van der Waals surface area contributed by atoms with E-state index < -0.39 is 17.7 Å². The molecule has 3 amide bonds. The summed E-state index contributed by atoms with van der Waals surface area (Å²) in [5, 5.41) is 12.3. The lowest BCUT2D eigenvalue weighted by Crippen LogP contribution is -2.49. The molecule has 1 heterocycles. The first kappa shape index (κ1) is 25.2. The smallest absolute Gasteiger partial charge is 0.410 e. The number of unbranched alkanes of at least 4 members (excludes halogenated alkanes) is 1. The number of likely N-dealkylation sites (N-methyl/N-ethyl adjacent to an activating group) is 1. The largest absolute Gasteiger partial charge is 0.444 e. The molecule has 0 aromatic carbocycles. The van der Waals surface area contributed by atoms with Crippen molar-refractivity contribution < 1.29 is 24.2 Å². The van der Waals surface area contributed by atoms with Gasteiger partial charge in [-0.3, -0.25) is 14.5 Å². The number of carbonyl (C=O) groups excluding carboxylic acids is 3. The molecular formula is C21H39N3O5. The number of hydrogen-bond acceptors (Lipinski definition) is 5. The lowest BCUT2D eigenvalue weighted by molar-refractivity contribution is -0.126. The molecule has 2 N–H and O–H groups in total. The highest BCUT2D eigenvalue weighted by molar-refractivity contribution is 5.85. The zero-order chi connectivity index (χ0) is 22.2. The Morgan fingerprint density at radius 3 is 2.41 bits per heavy atom. The van der Waals surface area contributed by atoms with Crippen LogP contribution < -0.4 is 5.32 Å². The summed E-state index contributed by atoms with van der Waals surface area (Å²) >= 11 is 0. The zero-order valence-corrected chi connectivity index (χ0v) is 18.8. The summed E-state index contributed by atoms with van der Waals surface area (Å²) in [4.78, 5) is 38.8. The van der Waals surface area contributed by atoms with Gasteiger partial charge in [0, 0.05) is 19.1 Å². The van der Waals surface area contributed by atoms with Crippen LogP contribution in [-0.4, -0.2) is 76.7 Å². The molecule has 8 heteroatoms. The molecule has 0 saturated carbocycles. The minimum Gasteiger partial charge on any atom is -0.444 e. The van der Waals surface area contributed by atoms with E-state index in [1.165, 1.54) is 4.90 Å². The van der Waals surface area contributed by atoms with Crippen LogP contribution >= 0.6 is 0 Å². The minimum absolute atomic E-state index is 0.00655. The van der Waals surface area contributed by atoms with Gasteiger partial charge in [0.1, 0.15) is 11.6 Å². The number of carbonyl (C=O) groups is 3. The Labute approximate surface area is 174 Å². The standard InChI is InChI=1S/C21H39N3O5/c1-15(9-7-8-10-17-11-12-18(13-25)24(17)14-26)22-19(27)16(2)23(6)20(28)29-21(3,4)5/h14-18,25H,7-13H2,1-6H3,(H,22,27)/t15?,16-,17?,18?/m0/s1. The summed E-state index contributed by atoms with van der Waals surface area (Å²) in [6.45, 7) is 9.01. The van der Waals surface area contributed by atoms with Gasteiger partial charge >= 0.3 is 6.09 Å². The summed E-state index contributed by atoms with van der Waals surface area (Å²) in [5.74, 6) is -0.209. The Balaban J connectivity index is 2.33. The molecule has 0 spiro atoms. The van der Waals surface area contributed by atoms with Crippen molar-refractivity contribution in [3.05, 3.63) is 0 Å². The fourth-order valence-corrected chi connectivity index (χ4v) is 3.57. The van der Waals surface area contributed by atoms with Crippen LogP contribution in [0.5, 0.6) is 0 Å². The molecule has 4 atom stereocenters. The van der Waals surface area contributed by atoms with Crippen molar-refractivity contribution in [2.24, 2.45) is 0 Å². The van der Waals surface area contributed by atoms with Crippen LogP contribution in [0.3, 0.4) is 0 Å². The van der Waals surface area contributed by atoms with E-state index in [-0.39, 0.29) is 30.6 Å². The molecule has 29 heavy (non-hydrogen) atoms. The number of aliphatic hydroxyl groups is 1. The second kappa shape index (κ2) is 11.4. The number of rotatable bonds is 10. The first-order valence-electron chi connectivity index (χ1n) is 10.6. The first-order valence-corrected chi connectivity index (χ1v) is 10.6. The van der Waals surface area contributed by atoms with Gasteiger partial charge in [0.15, 0.2) is 0 Å². The zero-order valence-electron chi connectivity index (χ0n) is 18.8. The van der Waals surface area contributed by atoms with E-state index in [9.17, 15) is 19.5 Å². The van der Waals surface area contributed by atoms with Crippen molar-refractivity contribution >= 4 is 18.4 Å². The maximum absolute atomic E-state index is 12.4. The average molecular weight is 414 g/mol. The Bertz CT molecular complexity index is 549. The molecule has 0 aromatic heterocycles. The quantitative estimate of drug-likeness (QED) is 0.423. The molecule has 0 bridgehead atoms. The van der Waals surface area contributed by atoms with E-state index in [4.69, 9.17) is 4.74 Å². The van der Waals surface area contributed by atoms with E-state index in [0.29, 0.717) is 0 Å². The van der Waals surface area contributed by atoms with Crippen molar-refractivity contribution in [2.45, 2.75) is 103 Å². The van der Waals surface area contributed by atoms with Gasteiger partial charge in [-0.2, -0.15) is 0 Å².